The van der Waals surface area contributed by atoms with Crippen molar-refractivity contribution in [2.24, 2.45) is 5.41 Å². The van der Waals surface area contributed by atoms with E-state index in [0.29, 0.717) is 32.6 Å². The van der Waals surface area contributed by atoms with Crippen LogP contribution in [0, 0.1) is 5.41 Å². The van der Waals surface area contributed by atoms with Crippen LogP contribution < -0.4 is 0 Å². The highest BCUT2D eigenvalue weighted by Crippen LogP contribution is 2.40. The highest BCUT2D eigenvalue weighted by atomic mass is 16.3. The van der Waals surface area contributed by atoms with Gasteiger partial charge in [-0.1, -0.05) is 12.1 Å². The fourth-order valence-electron chi connectivity index (χ4n) is 4.14. The predicted molar refractivity (Wildman–Crippen MR) is 92.9 cm³/mol. The fourth-order valence-corrected chi connectivity index (χ4v) is 4.14. The number of aliphatic hydroxyl groups excluding tert-OH is 1. The molecule has 1 aromatic rings. The third kappa shape index (κ3) is 4.12. The molecule has 0 aromatic heterocycles. The molecule has 2 amide bonds. The molecule has 2 saturated heterocycles. The lowest BCUT2D eigenvalue weighted by Crippen LogP contribution is -2.55. The number of likely N-dealkylation sites (tertiary alicyclic amines) is 2. The van der Waals surface area contributed by atoms with E-state index in [2.05, 4.69) is 0 Å². The second-order valence-corrected chi connectivity index (χ2v) is 7.48. The molecule has 1 aromatic carbocycles. The van der Waals surface area contributed by atoms with Crippen molar-refractivity contribution >= 4 is 11.8 Å². The summed E-state index contributed by atoms with van der Waals surface area (Å²) in [5.74, 6) is 0.226. The van der Waals surface area contributed by atoms with E-state index in [9.17, 15) is 19.8 Å². The lowest BCUT2D eigenvalue weighted by Gasteiger charge is -2.49. The van der Waals surface area contributed by atoms with E-state index in [4.69, 9.17) is 0 Å². The third-order valence-corrected chi connectivity index (χ3v) is 5.51. The van der Waals surface area contributed by atoms with Crippen LogP contribution in [0.25, 0.3) is 0 Å². The Morgan fingerprint density at radius 1 is 1.24 bits per heavy atom. The van der Waals surface area contributed by atoms with Gasteiger partial charge in [0.1, 0.15) is 5.75 Å². The van der Waals surface area contributed by atoms with Gasteiger partial charge in [0, 0.05) is 33.1 Å². The molecule has 2 heterocycles. The van der Waals surface area contributed by atoms with Crippen molar-refractivity contribution in [3.05, 3.63) is 29.8 Å². The Hall–Kier alpha value is -2.08. The summed E-state index contributed by atoms with van der Waals surface area (Å²) in [6.07, 6.45) is 2.11. The van der Waals surface area contributed by atoms with Gasteiger partial charge in [-0.2, -0.15) is 0 Å². The molecule has 6 heteroatoms. The summed E-state index contributed by atoms with van der Waals surface area (Å²) in [6.45, 7) is 3.93. The van der Waals surface area contributed by atoms with Crippen LogP contribution in [0.1, 0.15) is 31.7 Å². The normalized spacial score (nSPS) is 22.9. The van der Waals surface area contributed by atoms with Crippen molar-refractivity contribution in [1.29, 1.82) is 0 Å². The summed E-state index contributed by atoms with van der Waals surface area (Å²) in [5, 5.41) is 19.7. The minimum atomic E-state index is -0.479. The monoisotopic (exact) mass is 346 g/mol. The molecule has 2 aliphatic rings. The number of benzene rings is 1. The largest absolute Gasteiger partial charge is 0.508 e. The molecule has 1 spiro atoms. The molecule has 6 nitrogen and oxygen atoms in total. The highest BCUT2D eigenvalue weighted by molar-refractivity contribution is 5.79. The smallest absolute Gasteiger partial charge is 0.226 e. The van der Waals surface area contributed by atoms with Gasteiger partial charge in [0.25, 0.3) is 0 Å². The van der Waals surface area contributed by atoms with Crippen LogP contribution in [0.4, 0.5) is 0 Å². The highest BCUT2D eigenvalue weighted by Gasteiger charge is 2.42. The summed E-state index contributed by atoms with van der Waals surface area (Å²) >= 11 is 0. The van der Waals surface area contributed by atoms with Gasteiger partial charge in [-0.3, -0.25) is 9.59 Å². The van der Waals surface area contributed by atoms with E-state index in [0.717, 1.165) is 18.4 Å². The zero-order chi connectivity index (χ0) is 18.0. The van der Waals surface area contributed by atoms with Crippen molar-refractivity contribution in [2.75, 3.05) is 26.2 Å². The number of β-amino-alcohol motifs (C(OH)–C–C–N with tert-alkyl or cyclic N) is 1. The van der Waals surface area contributed by atoms with Crippen LogP contribution in [0.15, 0.2) is 24.3 Å². The van der Waals surface area contributed by atoms with Crippen molar-refractivity contribution in [3.8, 4) is 5.75 Å². The molecular weight excluding hydrogens is 320 g/mol. The average molecular weight is 346 g/mol. The molecule has 2 aliphatic heterocycles. The number of hydrogen-bond donors (Lipinski definition) is 2. The van der Waals surface area contributed by atoms with E-state index in [-0.39, 0.29) is 29.4 Å². The molecular formula is C19H26N2O4. The van der Waals surface area contributed by atoms with Gasteiger partial charge >= 0.3 is 0 Å². The lowest BCUT2D eigenvalue weighted by molar-refractivity contribution is -0.141. The number of phenolic OH excluding ortho intramolecular Hbond substituents is 1. The summed E-state index contributed by atoms with van der Waals surface area (Å²) in [6, 6.07) is 6.79. The molecule has 1 atom stereocenters. The van der Waals surface area contributed by atoms with Crippen molar-refractivity contribution in [1.82, 2.24) is 9.80 Å². The van der Waals surface area contributed by atoms with Crippen LogP contribution in [-0.2, 0) is 16.0 Å². The van der Waals surface area contributed by atoms with E-state index in [1.165, 1.54) is 0 Å². The van der Waals surface area contributed by atoms with Crippen molar-refractivity contribution < 1.29 is 19.8 Å². The molecule has 1 unspecified atom stereocenters. The number of phenols is 1. The van der Waals surface area contributed by atoms with Crippen LogP contribution >= 0.6 is 0 Å². The quantitative estimate of drug-likeness (QED) is 0.842. The molecule has 2 N–H and O–H groups in total. The van der Waals surface area contributed by atoms with Gasteiger partial charge < -0.3 is 20.0 Å². The first kappa shape index (κ1) is 17.7. The van der Waals surface area contributed by atoms with Crippen molar-refractivity contribution in [3.63, 3.8) is 0 Å². The van der Waals surface area contributed by atoms with Crippen LogP contribution in [-0.4, -0.2) is 64.1 Å². The van der Waals surface area contributed by atoms with E-state index >= 15 is 0 Å². The zero-order valence-electron chi connectivity index (χ0n) is 14.6. The average Bonchev–Trinajstić information content (AvgIpc) is 2.54. The molecule has 0 saturated carbocycles. The SMILES string of the molecule is CC(=O)N1CC(O)CC2(CCN(C(=O)Cc3cccc(O)c3)CC2)C1. The summed E-state index contributed by atoms with van der Waals surface area (Å²) < 4.78 is 0. The summed E-state index contributed by atoms with van der Waals surface area (Å²) in [4.78, 5) is 27.8. The second-order valence-electron chi connectivity index (χ2n) is 7.48. The molecule has 0 bridgehead atoms. The van der Waals surface area contributed by atoms with Gasteiger partial charge in [-0.25, -0.2) is 0 Å². The maximum Gasteiger partial charge on any atom is 0.226 e. The van der Waals surface area contributed by atoms with Gasteiger partial charge in [0.05, 0.1) is 12.5 Å². The van der Waals surface area contributed by atoms with E-state index < -0.39 is 6.10 Å². The Labute approximate surface area is 148 Å². The van der Waals surface area contributed by atoms with Gasteiger partial charge in [0.15, 0.2) is 0 Å². The fraction of sp³-hybridized carbons (Fsp3) is 0.579. The number of piperidine rings is 2. The minimum Gasteiger partial charge on any atom is -0.508 e. The summed E-state index contributed by atoms with van der Waals surface area (Å²) in [7, 11) is 0. The summed E-state index contributed by atoms with van der Waals surface area (Å²) in [5.41, 5.74) is 0.728. The first-order valence-corrected chi connectivity index (χ1v) is 8.86. The van der Waals surface area contributed by atoms with Crippen LogP contribution in [0.3, 0.4) is 0 Å². The molecule has 2 fully saturated rings. The second kappa shape index (κ2) is 7.04. The Morgan fingerprint density at radius 3 is 2.60 bits per heavy atom. The Kier molecular flexibility index (Phi) is 4.99. The Bertz CT molecular complexity index is 653. The predicted octanol–water partition coefficient (Wildman–Crippen LogP) is 1.16. The number of rotatable bonds is 2. The zero-order valence-corrected chi connectivity index (χ0v) is 14.6. The first-order chi connectivity index (χ1) is 11.9. The van der Waals surface area contributed by atoms with E-state index in [1.54, 1.807) is 30.0 Å². The van der Waals surface area contributed by atoms with Crippen LogP contribution in [0.5, 0.6) is 5.75 Å². The first-order valence-electron chi connectivity index (χ1n) is 8.86. The third-order valence-electron chi connectivity index (χ3n) is 5.51. The maximum absolute atomic E-state index is 12.5. The molecule has 0 radical (unpaired) electrons. The standard InChI is InChI=1S/C19H26N2O4/c1-14(22)21-12-17(24)11-19(13-21)5-7-20(8-6-19)18(25)10-15-3-2-4-16(23)9-15/h2-4,9,17,23-24H,5-8,10-13H2,1H3. The number of hydrogen-bond acceptors (Lipinski definition) is 4. The number of aliphatic hydroxyl groups is 1. The maximum atomic E-state index is 12.5. The van der Waals surface area contributed by atoms with Crippen molar-refractivity contribution in [2.45, 2.75) is 38.7 Å². The molecule has 136 valence electrons. The molecule has 3 rings (SSSR count). The number of nitrogens with zero attached hydrogens (tertiary/aromatic N) is 2. The van der Waals surface area contributed by atoms with Gasteiger partial charge in [0.2, 0.25) is 11.8 Å². The minimum absolute atomic E-state index is 0.000478. The molecule has 25 heavy (non-hydrogen) atoms. The molecule has 0 aliphatic carbocycles. The van der Waals surface area contributed by atoms with E-state index in [1.807, 2.05) is 11.0 Å². The van der Waals surface area contributed by atoms with Gasteiger partial charge in [-0.15, -0.1) is 0 Å². The number of carbonyl (C=O) groups excluding carboxylic acids is 2. The number of aromatic hydroxyl groups is 1. The van der Waals surface area contributed by atoms with Crippen LogP contribution in [0.2, 0.25) is 0 Å². The Morgan fingerprint density at radius 2 is 1.96 bits per heavy atom. The topological polar surface area (TPSA) is 81.1 Å². The van der Waals surface area contributed by atoms with Gasteiger partial charge in [-0.05, 0) is 42.4 Å². The Balaban J connectivity index is 1.59. The lowest BCUT2D eigenvalue weighted by atomic mass is 9.71. The number of carbonyl (C=O) groups is 2. The number of amides is 2.